The number of rotatable bonds is 3. The van der Waals surface area contributed by atoms with Gasteiger partial charge >= 0.3 is 0 Å². The van der Waals surface area contributed by atoms with Crippen LogP contribution in [0.5, 0.6) is 0 Å². The summed E-state index contributed by atoms with van der Waals surface area (Å²) in [5.41, 5.74) is 1.29. The molecule has 0 atom stereocenters. The van der Waals surface area contributed by atoms with E-state index in [0.29, 0.717) is 5.92 Å². The van der Waals surface area contributed by atoms with Crippen molar-refractivity contribution in [3.63, 3.8) is 0 Å². The first-order chi connectivity index (χ1) is 9.65. The Bertz CT molecular complexity index is 607. The van der Waals surface area contributed by atoms with Crippen LogP contribution in [-0.2, 0) is 0 Å². The number of anilines is 1. The molecular weight excluding hydrogens is 263 g/mol. The zero-order chi connectivity index (χ0) is 14.1. The molecule has 0 unspecified atom stereocenters. The number of hydrogen-bond acceptors (Lipinski definition) is 1. The van der Waals surface area contributed by atoms with Crippen LogP contribution in [0.15, 0.2) is 42.5 Å². The number of benzene rings is 2. The van der Waals surface area contributed by atoms with Gasteiger partial charge in [0.05, 0.1) is 5.69 Å². The van der Waals surface area contributed by atoms with Gasteiger partial charge in [-0.15, -0.1) is 0 Å². The lowest BCUT2D eigenvalue weighted by Gasteiger charge is -2.37. The summed E-state index contributed by atoms with van der Waals surface area (Å²) in [6.07, 6.45) is 1.73. The molecular formula is C16H14F3N. The third-order valence-electron chi connectivity index (χ3n) is 3.80. The summed E-state index contributed by atoms with van der Waals surface area (Å²) in [7, 11) is 0. The molecule has 1 aliphatic carbocycles. The molecule has 104 valence electrons. The minimum absolute atomic E-state index is 0.0282. The Hall–Kier alpha value is -1.97. The first-order valence-electron chi connectivity index (χ1n) is 6.60. The zero-order valence-electron chi connectivity index (χ0n) is 10.7. The highest BCUT2D eigenvalue weighted by Gasteiger charge is 2.30. The molecule has 2 aromatic rings. The van der Waals surface area contributed by atoms with Gasteiger partial charge in [-0.2, -0.15) is 0 Å². The third-order valence-corrected chi connectivity index (χ3v) is 3.80. The summed E-state index contributed by atoms with van der Waals surface area (Å²) < 4.78 is 39.5. The van der Waals surface area contributed by atoms with E-state index in [4.69, 9.17) is 0 Å². The molecule has 1 aliphatic rings. The molecule has 0 heterocycles. The summed E-state index contributed by atoms with van der Waals surface area (Å²) in [6.45, 7) is 0. The molecule has 3 rings (SSSR count). The fourth-order valence-corrected chi connectivity index (χ4v) is 2.59. The lowest BCUT2D eigenvalue weighted by atomic mass is 9.76. The highest BCUT2D eigenvalue weighted by atomic mass is 19.2. The summed E-state index contributed by atoms with van der Waals surface area (Å²) >= 11 is 0. The van der Waals surface area contributed by atoms with Crippen molar-refractivity contribution in [2.24, 2.45) is 0 Å². The molecule has 4 heteroatoms. The van der Waals surface area contributed by atoms with E-state index >= 15 is 0 Å². The number of hydrogen-bond donors (Lipinski definition) is 1. The van der Waals surface area contributed by atoms with Crippen LogP contribution < -0.4 is 5.32 Å². The summed E-state index contributed by atoms with van der Waals surface area (Å²) in [4.78, 5) is 0. The minimum atomic E-state index is -1.42. The molecule has 0 spiro atoms. The van der Waals surface area contributed by atoms with Gasteiger partial charge in [0.1, 0.15) is 0 Å². The average molecular weight is 277 g/mol. The molecule has 2 aromatic carbocycles. The molecule has 1 N–H and O–H groups in total. The van der Waals surface area contributed by atoms with E-state index in [2.05, 4.69) is 17.4 Å². The number of halogens is 3. The summed E-state index contributed by atoms with van der Waals surface area (Å²) in [5.74, 6) is -3.28. The molecule has 0 amide bonds. The predicted molar refractivity (Wildman–Crippen MR) is 72.1 cm³/mol. The van der Waals surface area contributed by atoms with Crippen LogP contribution in [0.1, 0.15) is 24.3 Å². The van der Waals surface area contributed by atoms with Crippen molar-refractivity contribution < 1.29 is 13.2 Å². The Morgan fingerprint density at radius 2 is 1.55 bits per heavy atom. The topological polar surface area (TPSA) is 12.0 Å². The molecule has 0 radical (unpaired) electrons. The van der Waals surface area contributed by atoms with Crippen molar-refractivity contribution in [2.45, 2.75) is 24.8 Å². The fourth-order valence-electron chi connectivity index (χ4n) is 2.59. The molecule has 0 bridgehead atoms. The predicted octanol–water partition coefficient (Wildman–Crippen LogP) is 4.46. The first kappa shape index (κ1) is 13.0. The van der Waals surface area contributed by atoms with E-state index in [1.807, 2.05) is 18.2 Å². The van der Waals surface area contributed by atoms with Crippen LogP contribution in [0, 0.1) is 17.5 Å². The Morgan fingerprint density at radius 1 is 0.850 bits per heavy atom. The van der Waals surface area contributed by atoms with E-state index in [1.165, 1.54) is 11.6 Å². The van der Waals surface area contributed by atoms with Crippen molar-refractivity contribution in [2.75, 3.05) is 5.32 Å². The largest absolute Gasteiger partial charge is 0.380 e. The van der Waals surface area contributed by atoms with Gasteiger partial charge in [-0.3, -0.25) is 0 Å². The van der Waals surface area contributed by atoms with Gasteiger partial charge in [0, 0.05) is 6.04 Å². The molecule has 0 aliphatic heterocycles. The van der Waals surface area contributed by atoms with Crippen molar-refractivity contribution in [1.82, 2.24) is 0 Å². The Morgan fingerprint density at radius 3 is 2.25 bits per heavy atom. The third kappa shape index (κ3) is 2.38. The normalized spacial score (nSPS) is 21.4. The van der Waals surface area contributed by atoms with Gasteiger partial charge in [-0.1, -0.05) is 30.3 Å². The van der Waals surface area contributed by atoms with Crippen molar-refractivity contribution >= 4 is 5.69 Å². The molecule has 20 heavy (non-hydrogen) atoms. The SMILES string of the molecule is Fc1ccc(NC2CC(c3ccccc3)C2)c(F)c1F. The molecule has 1 saturated carbocycles. The highest BCUT2D eigenvalue weighted by molar-refractivity contribution is 5.47. The van der Waals surface area contributed by atoms with Crippen LogP contribution in [0.4, 0.5) is 18.9 Å². The Kier molecular flexibility index (Phi) is 3.38. The number of nitrogens with one attached hydrogen (secondary N) is 1. The van der Waals surface area contributed by atoms with Crippen LogP contribution in [0.2, 0.25) is 0 Å². The van der Waals surface area contributed by atoms with Crippen LogP contribution in [0.25, 0.3) is 0 Å². The van der Waals surface area contributed by atoms with Gasteiger partial charge in [0.15, 0.2) is 17.5 Å². The van der Waals surface area contributed by atoms with Gasteiger partial charge in [-0.05, 0) is 36.5 Å². The van der Waals surface area contributed by atoms with Gasteiger partial charge in [0.25, 0.3) is 0 Å². The van der Waals surface area contributed by atoms with E-state index in [9.17, 15) is 13.2 Å². The second-order valence-corrected chi connectivity index (χ2v) is 5.14. The van der Waals surface area contributed by atoms with Gasteiger partial charge in [-0.25, -0.2) is 13.2 Å². The minimum Gasteiger partial charge on any atom is -0.380 e. The monoisotopic (exact) mass is 277 g/mol. The maximum atomic E-state index is 13.5. The smallest absolute Gasteiger partial charge is 0.196 e. The molecule has 0 saturated heterocycles. The van der Waals surface area contributed by atoms with E-state index in [-0.39, 0.29) is 11.7 Å². The quantitative estimate of drug-likeness (QED) is 0.817. The van der Waals surface area contributed by atoms with E-state index in [1.54, 1.807) is 0 Å². The fraction of sp³-hybridized carbons (Fsp3) is 0.250. The second-order valence-electron chi connectivity index (χ2n) is 5.14. The maximum absolute atomic E-state index is 13.5. The van der Waals surface area contributed by atoms with Crippen LogP contribution in [0.3, 0.4) is 0 Å². The molecule has 0 aromatic heterocycles. The zero-order valence-corrected chi connectivity index (χ0v) is 10.7. The average Bonchev–Trinajstić information content (AvgIpc) is 2.43. The lowest BCUT2D eigenvalue weighted by Crippen LogP contribution is -2.34. The second kappa shape index (κ2) is 5.19. The standard InChI is InChI=1S/C16H14F3N/c17-13-6-7-14(16(19)15(13)18)20-12-8-11(9-12)10-4-2-1-3-5-10/h1-7,11-12,20H,8-9H2. The van der Waals surface area contributed by atoms with Gasteiger partial charge < -0.3 is 5.32 Å². The van der Waals surface area contributed by atoms with Gasteiger partial charge in [0.2, 0.25) is 0 Å². The molecule has 1 nitrogen and oxygen atoms in total. The van der Waals surface area contributed by atoms with Crippen LogP contribution >= 0.6 is 0 Å². The lowest BCUT2D eigenvalue weighted by molar-refractivity contribution is 0.371. The van der Waals surface area contributed by atoms with Crippen molar-refractivity contribution in [1.29, 1.82) is 0 Å². The first-order valence-corrected chi connectivity index (χ1v) is 6.60. The maximum Gasteiger partial charge on any atom is 0.196 e. The summed E-state index contributed by atoms with van der Waals surface area (Å²) in [5, 5.41) is 2.93. The van der Waals surface area contributed by atoms with E-state index < -0.39 is 17.5 Å². The Balaban J connectivity index is 1.63. The Labute approximate surface area is 115 Å². The van der Waals surface area contributed by atoms with E-state index in [0.717, 1.165) is 18.9 Å². The van der Waals surface area contributed by atoms with Crippen molar-refractivity contribution in [3.8, 4) is 0 Å². The van der Waals surface area contributed by atoms with Crippen LogP contribution in [-0.4, -0.2) is 6.04 Å². The van der Waals surface area contributed by atoms with Crippen molar-refractivity contribution in [3.05, 3.63) is 65.5 Å². The molecule has 1 fully saturated rings. The summed E-state index contributed by atoms with van der Waals surface area (Å²) in [6, 6.07) is 12.4. The highest BCUT2D eigenvalue weighted by Crippen LogP contribution is 2.38.